The van der Waals surface area contributed by atoms with Crippen molar-refractivity contribution in [2.24, 2.45) is 0 Å². The molecule has 21 heavy (non-hydrogen) atoms. The Kier molecular flexibility index (Phi) is 5.51. The van der Waals surface area contributed by atoms with Gasteiger partial charge in [0.15, 0.2) is 0 Å². The number of hydrogen-bond acceptors (Lipinski definition) is 3. The van der Waals surface area contributed by atoms with E-state index in [0.29, 0.717) is 5.02 Å². The molecular formula is C16H17BrClNO2. The summed E-state index contributed by atoms with van der Waals surface area (Å²) in [4.78, 5) is 0. The lowest BCUT2D eigenvalue weighted by molar-refractivity contribution is 0.396. The number of ether oxygens (including phenoxy) is 2. The summed E-state index contributed by atoms with van der Waals surface area (Å²) in [7, 11) is 5.21. The Hall–Kier alpha value is -1.23. The van der Waals surface area contributed by atoms with Crippen molar-refractivity contribution in [3.05, 3.63) is 57.0 Å². The average Bonchev–Trinajstić information content (AvgIpc) is 2.48. The first-order chi connectivity index (χ1) is 10.1. The van der Waals surface area contributed by atoms with Crippen LogP contribution in [0.25, 0.3) is 0 Å². The predicted octanol–water partition coefficient (Wildman–Crippen LogP) is 4.43. The Morgan fingerprint density at radius 3 is 2.14 bits per heavy atom. The Morgan fingerprint density at radius 2 is 1.57 bits per heavy atom. The minimum absolute atomic E-state index is 0.0916. The summed E-state index contributed by atoms with van der Waals surface area (Å²) in [5.74, 6) is 1.58. The first kappa shape index (κ1) is 16.1. The maximum absolute atomic E-state index is 6.14. The van der Waals surface area contributed by atoms with Crippen LogP contribution >= 0.6 is 27.5 Å². The zero-order valence-electron chi connectivity index (χ0n) is 12.1. The van der Waals surface area contributed by atoms with E-state index in [1.54, 1.807) is 14.2 Å². The topological polar surface area (TPSA) is 30.5 Å². The summed E-state index contributed by atoms with van der Waals surface area (Å²) >= 11 is 9.65. The van der Waals surface area contributed by atoms with Crippen molar-refractivity contribution in [2.75, 3.05) is 21.3 Å². The second kappa shape index (κ2) is 7.16. The van der Waals surface area contributed by atoms with Crippen LogP contribution in [0.3, 0.4) is 0 Å². The Labute approximate surface area is 138 Å². The van der Waals surface area contributed by atoms with Gasteiger partial charge < -0.3 is 14.8 Å². The molecule has 0 heterocycles. The largest absolute Gasteiger partial charge is 0.496 e. The highest BCUT2D eigenvalue weighted by molar-refractivity contribution is 9.10. The second-order valence-electron chi connectivity index (χ2n) is 4.49. The van der Waals surface area contributed by atoms with E-state index >= 15 is 0 Å². The highest BCUT2D eigenvalue weighted by Gasteiger charge is 2.21. The van der Waals surface area contributed by atoms with E-state index in [9.17, 15) is 0 Å². The average molecular weight is 371 g/mol. The molecule has 112 valence electrons. The van der Waals surface area contributed by atoms with Gasteiger partial charge in [0, 0.05) is 20.6 Å². The van der Waals surface area contributed by atoms with Crippen molar-refractivity contribution in [1.82, 2.24) is 5.32 Å². The van der Waals surface area contributed by atoms with E-state index in [0.717, 1.165) is 27.1 Å². The van der Waals surface area contributed by atoms with Crippen molar-refractivity contribution in [2.45, 2.75) is 6.04 Å². The molecule has 1 unspecified atom stereocenters. The van der Waals surface area contributed by atoms with Crippen LogP contribution < -0.4 is 14.8 Å². The molecule has 0 aliphatic heterocycles. The molecule has 0 bridgehead atoms. The van der Waals surface area contributed by atoms with Gasteiger partial charge in [-0.3, -0.25) is 0 Å². The molecule has 3 nitrogen and oxygen atoms in total. The summed E-state index contributed by atoms with van der Waals surface area (Å²) in [6.07, 6.45) is 0. The SMILES string of the molecule is CNC(c1cc(Cl)ccc1OC)c1cc(Br)ccc1OC. The van der Waals surface area contributed by atoms with Crippen LogP contribution in [0.15, 0.2) is 40.9 Å². The molecule has 0 saturated heterocycles. The quantitative estimate of drug-likeness (QED) is 0.844. The van der Waals surface area contributed by atoms with Gasteiger partial charge in [-0.25, -0.2) is 0 Å². The van der Waals surface area contributed by atoms with Crippen LogP contribution in [0, 0.1) is 0 Å². The van der Waals surface area contributed by atoms with E-state index in [1.165, 1.54) is 0 Å². The van der Waals surface area contributed by atoms with Crippen LogP contribution in [0.2, 0.25) is 5.02 Å². The fourth-order valence-corrected chi connectivity index (χ4v) is 2.90. The Bertz CT molecular complexity index is 580. The van der Waals surface area contributed by atoms with Gasteiger partial charge in [-0.1, -0.05) is 27.5 Å². The molecule has 0 aromatic heterocycles. The summed E-state index contributed by atoms with van der Waals surface area (Å²) in [6, 6.07) is 11.4. The van der Waals surface area contributed by atoms with Crippen molar-refractivity contribution in [3.63, 3.8) is 0 Å². The third-order valence-corrected chi connectivity index (χ3v) is 4.02. The fraction of sp³-hybridized carbons (Fsp3) is 0.250. The third-order valence-electron chi connectivity index (χ3n) is 3.29. The van der Waals surface area contributed by atoms with Crippen molar-refractivity contribution < 1.29 is 9.47 Å². The number of hydrogen-bond donors (Lipinski definition) is 1. The van der Waals surface area contributed by atoms with Gasteiger partial charge in [0.2, 0.25) is 0 Å². The van der Waals surface area contributed by atoms with E-state index in [1.807, 2.05) is 43.4 Å². The van der Waals surface area contributed by atoms with Crippen molar-refractivity contribution in [3.8, 4) is 11.5 Å². The summed E-state index contributed by atoms with van der Waals surface area (Å²) in [5, 5.41) is 3.97. The first-order valence-electron chi connectivity index (χ1n) is 6.44. The van der Waals surface area contributed by atoms with Gasteiger partial charge in [0.05, 0.1) is 20.3 Å². The Morgan fingerprint density at radius 1 is 1.00 bits per heavy atom. The molecule has 1 N–H and O–H groups in total. The number of nitrogens with one attached hydrogen (secondary N) is 1. The highest BCUT2D eigenvalue weighted by atomic mass is 79.9. The van der Waals surface area contributed by atoms with Crippen LogP contribution in [-0.2, 0) is 0 Å². The molecule has 5 heteroatoms. The normalized spacial score (nSPS) is 12.0. The minimum atomic E-state index is -0.0916. The molecule has 2 aromatic rings. The van der Waals surface area contributed by atoms with Crippen LogP contribution in [0.4, 0.5) is 0 Å². The summed E-state index contributed by atoms with van der Waals surface area (Å²) in [5.41, 5.74) is 1.97. The predicted molar refractivity (Wildman–Crippen MR) is 89.6 cm³/mol. The third kappa shape index (κ3) is 3.51. The van der Waals surface area contributed by atoms with Gasteiger partial charge in [-0.15, -0.1) is 0 Å². The number of methoxy groups -OCH3 is 2. The molecule has 0 radical (unpaired) electrons. The number of benzene rings is 2. The molecule has 0 spiro atoms. The molecule has 2 aromatic carbocycles. The molecule has 0 aliphatic rings. The van der Waals surface area contributed by atoms with Gasteiger partial charge >= 0.3 is 0 Å². The van der Waals surface area contributed by atoms with Gasteiger partial charge in [0.1, 0.15) is 11.5 Å². The molecule has 1 atom stereocenters. The van der Waals surface area contributed by atoms with Gasteiger partial charge in [-0.05, 0) is 43.4 Å². The zero-order chi connectivity index (χ0) is 15.4. The molecule has 0 saturated carbocycles. The standard InChI is InChI=1S/C16H17BrClNO2/c1-19-16(12-8-10(17)4-6-14(12)20-2)13-9-11(18)5-7-15(13)21-3/h4-9,16,19H,1-3H3. The summed E-state index contributed by atoms with van der Waals surface area (Å²) < 4.78 is 11.9. The maximum Gasteiger partial charge on any atom is 0.124 e. The lowest BCUT2D eigenvalue weighted by Gasteiger charge is -2.22. The van der Waals surface area contributed by atoms with E-state index in [-0.39, 0.29) is 6.04 Å². The number of halogens is 2. The van der Waals surface area contributed by atoms with Gasteiger partial charge in [-0.2, -0.15) is 0 Å². The summed E-state index contributed by atoms with van der Waals surface area (Å²) in [6.45, 7) is 0. The fourth-order valence-electron chi connectivity index (χ4n) is 2.34. The van der Waals surface area contributed by atoms with Crippen LogP contribution in [0.1, 0.15) is 17.2 Å². The minimum Gasteiger partial charge on any atom is -0.496 e. The van der Waals surface area contributed by atoms with E-state index in [2.05, 4.69) is 21.2 Å². The second-order valence-corrected chi connectivity index (χ2v) is 5.85. The van der Waals surface area contributed by atoms with E-state index in [4.69, 9.17) is 21.1 Å². The molecule has 0 fully saturated rings. The van der Waals surface area contributed by atoms with Crippen molar-refractivity contribution in [1.29, 1.82) is 0 Å². The monoisotopic (exact) mass is 369 g/mol. The molecule has 0 aliphatic carbocycles. The lowest BCUT2D eigenvalue weighted by atomic mass is 9.97. The highest BCUT2D eigenvalue weighted by Crippen LogP contribution is 2.37. The Balaban J connectivity index is 2.59. The number of rotatable bonds is 5. The first-order valence-corrected chi connectivity index (χ1v) is 7.62. The van der Waals surface area contributed by atoms with Crippen LogP contribution in [-0.4, -0.2) is 21.3 Å². The zero-order valence-corrected chi connectivity index (χ0v) is 14.5. The molecular weight excluding hydrogens is 354 g/mol. The smallest absolute Gasteiger partial charge is 0.124 e. The maximum atomic E-state index is 6.14. The lowest BCUT2D eigenvalue weighted by Crippen LogP contribution is -2.19. The molecule has 2 rings (SSSR count). The van der Waals surface area contributed by atoms with Crippen LogP contribution in [0.5, 0.6) is 11.5 Å². The molecule has 0 amide bonds. The van der Waals surface area contributed by atoms with E-state index < -0.39 is 0 Å². The van der Waals surface area contributed by atoms with Gasteiger partial charge in [0.25, 0.3) is 0 Å². The van der Waals surface area contributed by atoms with Crippen molar-refractivity contribution >= 4 is 27.5 Å².